The van der Waals surface area contributed by atoms with Crippen LogP contribution in [0, 0.1) is 0 Å². The Morgan fingerprint density at radius 1 is 0.741 bits per heavy atom. The second-order valence-electron chi connectivity index (χ2n) is 5.96. The molecule has 3 rings (SSSR count). The van der Waals surface area contributed by atoms with E-state index in [-0.39, 0.29) is 16.9 Å². The van der Waals surface area contributed by atoms with Crippen molar-refractivity contribution in [1.29, 1.82) is 0 Å². The van der Waals surface area contributed by atoms with Gasteiger partial charge in [-0.2, -0.15) is 0 Å². The number of carbonyl (C=O) groups excluding carboxylic acids is 2. The number of primary amides is 1. The molecule has 0 aliphatic rings. The highest BCUT2D eigenvalue weighted by Gasteiger charge is 2.21. The lowest BCUT2D eigenvalue weighted by atomic mass is 10.1. The van der Waals surface area contributed by atoms with E-state index >= 15 is 0 Å². The van der Waals surface area contributed by atoms with E-state index in [0.717, 1.165) is 0 Å². The van der Waals surface area contributed by atoms with Crippen LogP contribution in [0.5, 0.6) is 5.75 Å². The van der Waals surface area contributed by atoms with E-state index in [2.05, 4.69) is 0 Å². The zero-order chi connectivity index (χ0) is 19.6. The number of amides is 2. The number of aromatic hydroxyl groups is 1. The predicted octanol–water partition coefficient (Wildman–Crippen LogP) is 2.63. The molecule has 0 unspecified atom stereocenters. The van der Waals surface area contributed by atoms with Gasteiger partial charge in [0.2, 0.25) is 5.91 Å². The second kappa shape index (κ2) is 7.09. The molecule has 0 aliphatic heterocycles. The van der Waals surface area contributed by atoms with E-state index in [0.29, 0.717) is 22.7 Å². The predicted molar refractivity (Wildman–Crippen MR) is 105 cm³/mol. The minimum absolute atomic E-state index is 0.0351. The Labute approximate surface area is 155 Å². The van der Waals surface area contributed by atoms with Crippen molar-refractivity contribution in [1.82, 2.24) is 0 Å². The first-order chi connectivity index (χ1) is 12.8. The average Bonchev–Trinajstić information content (AvgIpc) is 2.64. The van der Waals surface area contributed by atoms with Crippen LogP contribution >= 0.6 is 0 Å². The minimum atomic E-state index is -0.744. The van der Waals surface area contributed by atoms with Crippen LogP contribution in [0.2, 0.25) is 0 Å². The number of nitrogen functional groups attached to an aromatic ring is 2. The smallest absolute Gasteiger partial charge is 0.262 e. The maximum Gasteiger partial charge on any atom is 0.262 e. The van der Waals surface area contributed by atoms with Gasteiger partial charge in [0.15, 0.2) is 0 Å². The molecular formula is C20H18N4O3. The summed E-state index contributed by atoms with van der Waals surface area (Å²) >= 11 is 0. The van der Waals surface area contributed by atoms with Crippen LogP contribution in [-0.2, 0) is 0 Å². The van der Waals surface area contributed by atoms with Crippen LogP contribution in [0.25, 0.3) is 0 Å². The molecule has 0 saturated carbocycles. The fourth-order valence-electron chi connectivity index (χ4n) is 2.64. The summed E-state index contributed by atoms with van der Waals surface area (Å²) in [5.74, 6) is -1.43. The average molecular weight is 362 g/mol. The fraction of sp³-hybridized carbons (Fsp3) is 0. The molecule has 0 spiro atoms. The van der Waals surface area contributed by atoms with Gasteiger partial charge in [0.1, 0.15) is 5.75 Å². The van der Waals surface area contributed by atoms with Crippen molar-refractivity contribution >= 4 is 34.6 Å². The normalized spacial score (nSPS) is 10.4. The number of rotatable bonds is 4. The minimum Gasteiger partial charge on any atom is -0.508 e. The summed E-state index contributed by atoms with van der Waals surface area (Å²) in [5.41, 5.74) is 19.1. The molecule has 0 fully saturated rings. The third-order valence-corrected chi connectivity index (χ3v) is 3.95. The molecule has 0 atom stereocenters. The molecule has 0 bridgehead atoms. The third kappa shape index (κ3) is 3.82. The largest absolute Gasteiger partial charge is 0.508 e. The van der Waals surface area contributed by atoms with Gasteiger partial charge in [-0.15, -0.1) is 0 Å². The van der Waals surface area contributed by atoms with E-state index in [1.54, 1.807) is 48.5 Å². The molecule has 0 saturated heterocycles. The van der Waals surface area contributed by atoms with Crippen LogP contribution in [0.4, 0.5) is 22.7 Å². The Balaban J connectivity index is 2.12. The standard InChI is InChI=1S/C20H18N4O3/c21-14-1-5-16(6-2-14)24(17-7-3-15(22)4-8-17)20(27)13-9-12(19(23)26)10-18(25)11-13/h1-11,25H,21-22H2,(H2,23,26). The van der Waals surface area contributed by atoms with E-state index in [4.69, 9.17) is 17.2 Å². The molecule has 7 N–H and O–H groups in total. The number of carbonyl (C=O) groups is 2. The molecule has 0 heterocycles. The van der Waals surface area contributed by atoms with E-state index in [1.807, 2.05) is 0 Å². The Morgan fingerprint density at radius 3 is 1.63 bits per heavy atom. The van der Waals surface area contributed by atoms with Crippen LogP contribution in [0.15, 0.2) is 66.7 Å². The molecule has 0 aromatic heterocycles. The van der Waals surface area contributed by atoms with Gasteiger partial charge in [0.05, 0.1) is 0 Å². The summed E-state index contributed by atoms with van der Waals surface area (Å²) in [6.45, 7) is 0. The van der Waals surface area contributed by atoms with E-state index in [9.17, 15) is 14.7 Å². The van der Waals surface area contributed by atoms with Crippen LogP contribution in [-0.4, -0.2) is 16.9 Å². The lowest BCUT2D eigenvalue weighted by Gasteiger charge is -2.24. The van der Waals surface area contributed by atoms with Crippen molar-refractivity contribution in [3.63, 3.8) is 0 Å². The molecular weight excluding hydrogens is 344 g/mol. The quantitative estimate of drug-likeness (QED) is 0.529. The first-order valence-corrected chi connectivity index (χ1v) is 8.04. The highest BCUT2D eigenvalue weighted by molar-refractivity contribution is 6.12. The molecule has 7 heteroatoms. The Hall–Kier alpha value is -4.00. The Morgan fingerprint density at radius 2 is 1.19 bits per heavy atom. The molecule has 27 heavy (non-hydrogen) atoms. The lowest BCUT2D eigenvalue weighted by molar-refractivity contribution is 0.0998. The van der Waals surface area contributed by atoms with Gasteiger partial charge in [-0.3, -0.25) is 14.5 Å². The molecule has 0 aliphatic carbocycles. The van der Waals surface area contributed by atoms with Crippen LogP contribution in [0.3, 0.4) is 0 Å². The van der Waals surface area contributed by atoms with Crippen LogP contribution in [0.1, 0.15) is 20.7 Å². The fourth-order valence-corrected chi connectivity index (χ4v) is 2.64. The van der Waals surface area contributed by atoms with Crippen molar-refractivity contribution in [3.8, 4) is 5.75 Å². The maximum absolute atomic E-state index is 13.2. The lowest BCUT2D eigenvalue weighted by Crippen LogP contribution is -2.26. The van der Waals surface area contributed by atoms with Crippen molar-refractivity contribution in [3.05, 3.63) is 77.9 Å². The number of benzene rings is 3. The van der Waals surface area contributed by atoms with Gasteiger partial charge in [0.25, 0.3) is 5.91 Å². The Kier molecular flexibility index (Phi) is 4.68. The monoisotopic (exact) mass is 362 g/mol. The number of anilines is 4. The number of hydrogen-bond acceptors (Lipinski definition) is 5. The molecule has 2 amide bonds. The first-order valence-electron chi connectivity index (χ1n) is 8.04. The summed E-state index contributed by atoms with van der Waals surface area (Å²) in [7, 11) is 0. The number of phenols is 1. The highest BCUT2D eigenvalue weighted by Crippen LogP contribution is 2.30. The van der Waals surface area contributed by atoms with Gasteiger partial charge < -0.3 is 22.3 Å². The van der Waals surface area contributed by atoms with Crippen molar-refractivity contribution in [2.45, 2.75) is 0 Å². The Bertz CT molecular complexity index is 953. The van der Waals surface area contributed by atoms with Gasteiger partial charge in [-0.25, -0.2) is 0 Å². The number of nitrogens with zero attached hydrogens (tertiary/aromatic N) is 1. The topological polar surface area (TPSA) is 136 Å². The number of nitrogens with two attached hydrogens (primary N) is 3. The van der Waals surface area contributed by atoms with Crippen molar-refractivity contribution in [2.75, 3.05) is 16.4 Å². The zero-order valence-electron chi connectivity index (χ0n) is 14.3. The second-order valence-corrected chi connectivity index (χ2v) is 5.96. The van der Waals surface area contributed by atoms with Gasteiger partial charge in [-0.1, -0.05) is 0 Å². The molecule has 7 nitrogen and oxygen atoms in total. The first kappa shape index (κ1) is 17.8. The molecule has 3 aromatic rings. The molecule has 0 radical (unpaired) electrons. The highest BCUT2D eigenvalue weighted by atomic mass is 16.3. The summed E-state index contributed by atoms with van der Waals surface area (Å²) in [6, 6.07) is 17.3. The van der Waals surface area contributed by atoms with Crippen LogP contribution < -0.4 is 22.1 Å². The summed E-state index contributed by atoms with van der Waals surface area (Å²) < 4.78 is 0. The molecule has 136 valence electrons. The van der Waals surface area contributed by atoms with E-state index < -0.39 is 11.8 Å². The summed E-state index contributed by atoms with van der Waals surface area (Å²) in [5, 5.41) is 9.88. The van der Waals surface area contributed by atoms with Gasteiger partial charge in [0, 0.05) is 33.9 Å². The third-order valence-electron chi connectivity index (χ3n) is 3.95. The molecule has 3 aromatic carbocycles. The number of hydrogen-bond donors (Lipinski definition) is 4. The van der Waals surface area contributed by atoms with Crippen molar-refractivity contribution < 1.29 is 14.7 Å². The van der Waals surface area contributed by atoms with Crippen molar-refractivity contribution in [2.24, 2.45) is 5.73 Å². The SMILES string of the molecule is NC(=O)c1cc(O)cc(C(=O)N(c2ccc(N)cc2)c2ccc(N)cc2)c1. The summed E-state index contributed by atoms with van der Waals surface area (Å²) in [4.78, 5) is 26.1. The zero-order valence-corrected chi connectivity index (χ0v) is 14.3. The number of phenolic OH excluding ortho intramolecular Hbond substituents is 1. The van der Waals surface area contributed by atoms with E-state index in [1.165, 1.54) is 23.1 Å². The summed E-state index contributed by atoms with van der Waals surface area (Å²) in [6.07, 6.45) is 0. The van der Waals surface area contributed by atoms with Gasteiger partial charge >= 0.3 is 0 Å². The van der Waals surface area contributed by atoms with Gasteiger partial charge in [-0.05, 0) is 66.7 Å². The maximum atomic E-state index is 13.2.